The Balaban J connectivity index is 2.32. The smallest absolute Gasteiger partial charge is 0.229 e. The molecule has 1 rings (SSSR count). The molecule has 1 heterocycles. The van der Waals surface area contributed by atoms with E-state index in [9.17, 15) is 9.59 Å². The third kappa shape index (κ3) is 6.74. The molecular formula is C16H29NO2. The van der Waals surface area contributed by atoms with Crippen molar-refractivity contribution in [3.8, 4) is 0 Å². The lowest BCUT2D eigenvalue weighted by Gasteiger charge is -2.20. The molecule has 3 nitrogen and oxygen atoms in total. The van der Waals surface area contributed by atoms with E-state index in [1.54, 1.807) is 0 Å². The van der Waals surface area contributed by atoms with Gasteiger partial charge in [-0.1, -0.05) is 51.9 Å². The second-order valence-electron chi connectivity index (χ2n) is 5.62. The molecule has 2 amide bonds. The molecule has 1 aliphatic rings. The summed E-state index contributed by atoms with van der Waals surface area (Å²) in [6, 6.07) is 0. The second kappa shape index (κ2) is 9.99. The standard InChI is InChI=1S/C16H29NO2/c1-2-3-4-6-9-12-15(18)17-14-11-8-5-7-10-13-16(17)19/h2-14H2,1H3. The lowest BCUT2D eigenvalue weighted by molar-refractivity contribution is -0.145. The van der Waals surface area contributed by atoms with E-state index < -0.39 is 0 Å². The zero-order chi connectivity index (χ0) is 13.9. The highest BCUT2D eigenvalue weighted by Gasteiger charge is 2.20. The summed E-state index contributed by atoms with van der Waals surface area (Å²) in [5, 5.41) is 0. The first-order valence-electron chi connectivity index (χ1n) is 8.09. The Morgan fingerprint density at radius 1 is 1.00 bits per heavy atom. The Bertz CT molecular complexity index is 276. The maximum atomic E-state index is 12.1. The quantitative estimate of drug-likeness (QED) is 0.681. The number of hydrogen-bond acceptors (Lipinski definition) is 2. The van der Waals surface area contributed by atoms with Gasteiger partial charge >= 0.3 is 0 Å². The summed E-state index contributed by atoms with van der Waals surface area (Å²) >= 11 is 0. The van der Waals surface area contributed by atoms with Crippen molar-refractivity contribution < 1.29 is 9.59 Å². The van der Waals surface area contributed by atoms with E-state index in [0.29, 0.717) is 19.4 Å². The van der Waals surface area contributed by atoms with Gasteiger partial charge in [-0.15, -0.1) is 0 Å². The Hall–Kier alpha value is -0.860. The van der Waals surface area contributed by atoms with Crippen LogP contribution in [0.1, 0.15) is 84.0 Å². The number of amides is 2. The van der Waals surface area contributed by atoms with Crippen LogP contribution in [0.5, 0.6) is 0 Å². The molecule has 1 fully saturated rings. The molecule has 0 aliphatic carbocycles. The highest BCUT2D eigenvalue weighted by molar-refractivity contribution is 5.95. The van der Waals surface area contributed by atoms with Crippen molar-refractivity contribution >= 4 is 11.8 Å². The van der Waals surface area contributed by atoms with Crippen LogP contribution >= 0.6 is 0 Å². The van der Waals surface area contributed by atoms with Crippen molar-refractivity contribution in [3.63, 3.8) is 0 Å². The van der Waals surface area contributed by atoms with Gasteiger partial charge in [-0.05, 0) is 19.3 Å². The summed E-state index contributed by atoms with van der Waals surface area (Å²) in [5.74, 6) is 0.115. The molecule has 19 heavy (non-hydrogen) atoms. The fourth-order valence-corrected chi connectivity index (χ4v) is 2.61. The van der Waals surface area contributed by atoms with E-state index in [0.717, 1.165) is 38.5 Å². The van der Waals surface area contributed by atoms with Crippen LogP contribution in [0.15, 0.2) is 0 Å². The van der Waals surface area contributed by atoms with Crippen molar-refractivity contribution in [1.29, 1.82) is 0 Å². The number of rotatable bonds is 6. The van der Waals surface area contributed by atoms with Crippen molar-refractivity contribution in [3.05, 3.63) is 0 Å². The Morgan fingerprint density at radius 2 is 1.68 bits per heavy atom. The molecule has 0 bridgehead atoms. The third-order valence-electron chi connectivity index (χ3n) is 3.87. The molecule has 110 valence electrons. The number of unbranched alkanes of at least 4 members (excludes halogenated alkanes) is 4. The van der Waals surface area contributed by atoms with Gasteiger partial charge < -0.3 is 0 Å². The number of imide groups is 1. The highest BCUT2D eigenvalue weighted by atomic mass is 16.2. The van der Waals surface area contributed by atoms with Gasteiger partial charge in [0.2, 0.25) is 11.8 Å². The molecule has 0 aromatic carbocycles. The molecule has 3 heteroatoms. The summed E-state index contributed by atoms with van der Waals surface area (Å²) < 4.78 is 0. The highest BCUT2D eigenvalue weighted by Crippen LogP contribution is 2.14. The number of carbonyl (C=O) groups excluding carboxylic acids is 2. The molecule has 0 spiro atoms. The van der Waals surface area contributed by atoms with E-state index in [2.05, 4.69) is 6.92 Å². The van der Waals surface area contributed by atoms with E-state index in [1.165, 1.54) is 30.6 Å². The van der Waals surface area contributed by atoms with Gasteiger partial charge in [0.05, 0.1) is 0 Å². The van der Waals surface area contributed by atoms with Crippen LogP contribution in [-0.4, -0.2) is 23.3 Å². The first kappa shape index (κ1) is 16.2. The lowest BCUT2D eigenvalue weighted by Crippen LogP contribution is -2.37. The number of hydrogen-bond donors (Lipinski definition) is 0. The van der Waals surface area contributed by atoms with E-state index >= 15 is 0 Å². The van der Waals surface area contributed by atoms with E-state index in [-0.39, 0.29) is 11.8 Å². The monoisotopic (exact) mass is 267 g/mol. The predicted molar refractivity (Wildman–Crippen MR) is 77.8 cm³/mol. The molecule has 0 N–H and O–H groups in total. The Morgan fingerprint density at radius 3 is 2.47 bits per heavy atom. The van der Waals surface area contributed by atoms with Gasteiger partial charge in [0.1, 0.15) is 0 Å². The minimum Gasteiger partial charge on any atom is -0.283 e. The molecule has 0 saturated carbocycles. The topological polar surface area (TPSA) is 37.4 Å². The fraction of sp³-hybridized carbons (Fsp3) is 0.875. The first-order valence-corrected chi connectivity index (χ1v) is 8.09. The van der Waals surface area contributed by atoms with Crippen LogP contribution < -0.4 is 0 Å². The van der Waals surface area contributed by atoms with Crippen molar-refractivity contribution in [2.24, 2.45) is 0 Å². The molecule has 0 radical (unpaired) electrons. The second-order valence-corrected chi connectivity index (χ2v) is 5.62. The van der Waals surface area contributed by atoms with Gasteiger partial charge in [-0.25, -0.2) is 0 Å². The van der Waals surface area contributed by atoms with Gasteiger partial charge in [-0.3, -0.25) is 14.5 Å². The van der Waals surface area contributed by atoms with E-state index in [4.69, 9.17) is 0 Å². The summed E-state index contributed by atoms with van der Waals surface area (Å²) in [7, 11) is 0. The Labute approximate surface area is 117 Å². The zero-order valence-electron chi connectivity index (χ0n) is 12.5. The molecule has 1 aliphatic heterocycles. The summed E-state index contributed by atoms with van der Waals surface area (Å²) in [6.45, 7) is 2.83. The van der Waals surface area contributed by atoms with Crippen molar-refractivity contribution in [1.82, 2.24) is 4.90 Å². The Kier molecular flexibility index (Phi) is 8.52. The number of nitrogens with zero attached hydrogens (tertiary/aromatic N) is 1. The average molecular weight is 267 g/mol. The van der Waals surface area contributed by atoms with Crippen LogP contribution in [0.3, 0.4) is 0 Å². The van der Waals surface area contributed by atoms with Crippen LogP contribution in [-0.2, 0) is 9.59 Å². The minimum atomic E-state index is 0.0560. The fourth-order valence-electron chi connectivity index (χ4n) is 2.61. The maximum absolute atomic E-state index is 12.1. The number of carbonyl (C=O) groups is 2. The van der Waals surface area contributed by atoms with Crippen molar-refractivity contribution in [2.75, 3.05) is 6.54 Å². The van der Waals surface area contributed by atoms with E-state index in [1.807, 2.05) is 0 Å². The summed E-state index contributed by atoms with van der Waals surface area (Å²) in [6.07, 6.45) is 12.2. The van der Waals surface area contributed by atoms with Crippen LogP contribution in [0.4, 0.5) is 0 Å². The van der Waals surface area contributed by atoms with Gasteiger partial charge in [0, 0.05) is 19.4 Å². The molecule has 0 unspecified atom stereocenters. The van der Waals surface area contributed by atoms with Gasteiger partial charge in [-0.2, -0.15) is 0 Å². The largest absolute Gasteiger partial charge is 0.283 e. The van der Waals surface area contributed by atoms with Crippen LogP contribution in [0.2, 0.25) is 0 Å². The summed E-state index contributed by atoms with van der Waals surface area (Å²) in [4.78, 5) is 25.7. The molecule has 1 saturated heterocycles. The maximum Gasteiger partial charge on any atom is 0.229 e. The minimum absolute atomic E-state index is 0.0560. The molecule has 0 aromatic heterocycles. The first-order chi connectivity index (χ1) is 9.25. The van der Waals surface area contributed by atoms with Gasteiger partial charge in [0.15, 0.2) is 0 Å². The normalized spacial score (nSPS) is 17.7. The van der Waals surface area contributed by atoms with Crippen LogP contribution in [0, 0.1) is 0 Å². The molecule has 0 atom stereocenters. The van der Waals surface area contributed by atoms with Crippen molar-refractivity contribution in [2.45, 2.75) is 84.0 Å². The average Bonchev–Trinajstić information content (AvgIpc) is 2.50. The predicted octanol–water partition coefficient (Wildman–Crippen LogP) is 4.06. The summed E-state index contributed by atoms with van der Waals surface area (Å²) in [5.41, 5.74) is 0. The zero-order valence-corrected chi connectivity index (χ0v) is 12.5. The molecule has 0 aromatic rings. The molecular weight excluding hydrogens is 238 g/mol. The lowest BCUT2D eigenvalue weighted by atomic mass is 10.1. The SMILES string of the molecule is CCCCCCCC(=O)N1CCCCCCCC1=O. The van der Waals surface area contributed by atoms with Gasteiger partial charge in [0.25, 0.3) is 0 Å². The third-order valence-corrected chi connectivity index (χ3v) is 3.87. The van der Waals surface area contributed by atoms with Crippen LogP contribution in [0.25, 0.3) is 0 Å².